The normalized spacial score (nSPS) is 14.6. The van der Waals surface area contributed by atoms with Gasteiger partial charge in [0.2, 0.25) is 0 Å². The molecule has 0 atom stereocenters. The van der Waals surface area contributed by atoms with Crippen LogP contribution in [0.15, 0.2) is 35.3 Å². The van der Waals surface area contributed by atoms with Crippen LogP contribution in [0.4, 0.5) is 0 Å². The second-order valence-corrected chi connectivity index (χ2v) is 9.53. The maximum atomic E-state index is 12.6. The van der Waals surface area contributed by atoms with Crippen LogP contribution < -0.4 is 10.3 Å². The molecule has 152 valence electrons. The lowest BCUT2D eigenvalue weighted by atomic mass is 9.95. The number of H-pyrrole nitrogens is 1. The summed E-state index contributed by atoms with van der Waals surface area (Å²) in [5.41, 5.74) is 2.62. The Morgan fingerprint density at radius 1 is 1.31 bits per heavy atom. The van der Waals surface area contributed by atoms with E-state index in [1.54, 1.807) is 18.4 Å². The number of fused-ring (bicyclic) bond motifs is 1. The highest BCUT2D eigenvalue weighted by Crippen LogP contribution is 2.29. The third-order valence-electron chi connectivity index (χ3n) is 5.11. The van der Waals surface area contributed by atoms with E-state index in [0.29, 0.717) is 6.54 Å². The van der Waals surface area contributed by atoms with E-state index in [9.17, 15) is 4.79 Å². The van der Waals surface area contributed by atoms with Crippen LogP contribution in [0.25, 0.3) is 10.6 Å². The number of hydrogen-bond donors (Lipinski definition) is 1. The van der Waals surface area contributed by atoms with Gasteiger partial charge in [-0.15, -0.1) is 11.3 Å². The highest BCUT2D eigenvalue weighted by Gasteiger charge is 2.25. The van der Waals surface area contributed by atoms with Crippen molar-refractivity contribution >= 4 is 11.3 Å². The summed E-state index contributed by atoms with van der Waals surface area (Å²) in [7, 11) is 1.67. The molecule has 3 aromatic rings. The van der Waals surface area contributed by atoms with Crippen molar-refractivity contribution in [2.75, 3.05) is 13.7 Å². The van der Waals surface area contributed by atoms with Crippen LogP contribution in [0.1, 0.15) is 42.7 Å². The van der Waals surface area contributed by atoms with Gasteiger partial charge in [-0.05, 0) is 12.1 Å². The second-order valence-electron chi connectivity index (χ2n) is 8.41. The largest absolute Gasteiger partial charge is 0.497 e. The number of ether oxygens (including phenoxy) is 1. The lowest BCUT2D eigenvalue weighted by Gasteiger charge is -2.28. The molecule has 7 heteroatoms. The zero-order valence-electron chi connectivity index (χ0n) is 17.3. The lowest BCUT2D eigenvalue weighted by Crippen LogP contribution is -2.36. The van der Waals surface area contributed by atoms with Crippen molar-refractivity contribution in [1.82, 2.24) is 19.9 Å². The van der Waals surface area contributed by atoms with Crippen LogP contribution in [-0.2, 0) is 24.9 Å². The zero-order valence-corrected chi connectivity index (χ0v) is 18.1. The highest BCUT2D eigenvalue weighted by molar-refractivity contribution is 7.15. The Bertz CT molecular complexity index is 1080. The lowest BCUT2D eigenvalue weighted by molar-refractivity contribution is 0.243. The second kappa shape index (κ2) is 7.72. The zero-order chi connectivity index (χ0) is 20.6. The number of benzene rings is 1. The predicted molar refractivity (Wildman–Crippen MR) is 115 cm³/mol. The Hall–Kier alpha value is -2.51. The number of aromatic nitrogens is 3. The molecule has 29 heavy (non-hydrogen) atoms. The molecule has 1 aliphatic rings. The monoisotopic (exact) mass is 410 g/mol. The summed E-state index contributed by atoms with van der Waals surface area (Å²) in [6.07, 6.45) is 2.73. The van der Waals surface area contributed by atoms with Gasteiger partial charge < -0.3 is 9.72 Å². The topological polar surface area (TPSA) is 71.1 Å². The van der Waals surface area contributed by atoms with E-state index < -0.39 is 0 Å². The van der Waals surface area contributed by atoms with Gasteiger partial charge in [0.15, 0.2) is 0 Å². The number of methoxy groups -OCH3 is 1. The van der Waals surface area contributed by atoms with Gasteiger partial charge in [-0.3, -0.25) is 9.69 Å². The van der Waals surface area contributed by atoms with Crippen molar-refractivity contribution < 1.29 is 4.74 Å². The van der Waals surface area contributed by atoms with Crippen LogP contribution in [-0.4, -0.2) is 33.5 Å². The summed E-state index contributed by atoms with van der Waals surface area (Å²) in [5.74, 6) is 1.59. The average Bonchev–Trinajstić information content (AvgIpc) is 3.16. The van der Waals surface area contributed by atoms with Gasteiger partial charge in [0, 0.05) is 48.1 Å². The minimum absolute atomic E-state index is 0.00833. The number of nitrogens with zero attached hydrogens (tertiary/aromatic N) is 3. The van der Waals surface area contributed by atoms with Gasteiger partial charge in [0.1, 0.15) is 16.6 Å². The molecule has 0 amide bonds. The molecule has 1 aromatic carbocycles. The van der Waals surface area contributed by atoms with Gasteiger partial charge in [-0.1, -0.05) is 32.9 Å². The van der Waals surface area contributed by atoms with E-state index in [1.807, 2.05) is 30.5 Å². The van der Waals surface area contributed by atoms with Crippen LogP contribution in [0.2, 0.25) is 0 Å². The Labute approximate surface area is 174 Å². The van der Waals surface area contributed by atoms with E-state index in [0.717, 1.165) is 52.9 Å². The minimum Gasteiger partial charge on any atom is -0.497 e. The molecule has 1 N–H and O–H groups in total. The van der Waals surface area contributed by atoms with Gasteiger partial charge in [-0.2, -0.15) is 0 Å². The van der Waals surface area contributed by atoms with Gasteiger partial charge in [0.05, 0.1) is 18.4 Å². The number of nitrogens with one attached hydrogen (secondary N) is 1. The first-order valence-corrected chi connectivity index (χ1v) is 10.6. The van der Waals surface area contributed by atoms with Crippen molar-refractivity contribution in [2.24, 2.45) is 0 Å². The smallest absolute Gasteiger partial charge is 0.255 e. The maximum Gasteiger partial charge on any atom is 0.255 e. The number of hydrogen-bond acceptors (Lipinski definition) is 6. The summed E-state index contributed by atoms with van der Waals surface area (Å²) in [6.45, 7) is 8.49. The van der Waals surface area contributed by atoms with E-state index in [-0.39, 0.29) is 11.0 Å². The summed E-state index contributed by atoms with van der Waals surface area (Å²) < 4.78 is 5.31. The molecule has 2 aromatic heterocycles. The molecule has 0 fully saturated rings. The van der Waals surface area contributed by atoms with Crippen LogP contribution in [0, 0.1) is 0 Å². The molecule has 3 heterocycles. The van der Waals surface area contributed by atoms with Crippen molar-refractivity contribution in [3.63, 3.8) is 0 Å². The molecule has 1 aliphatic heterocycles. The third-order valence-corrected chi connectivity index (χ3v) is 6.14. The molecule has 0 spiro atoms. The van der Waals surface area contributed by atoms with Gasteiger partial charge >= 0.3 is 0 Å². The van der Waals surface area contributed by atoms with Crippen molar-refractivity contribution in [3.05, 3.63) is 62.8 Å². The van der Waals surface area contributed by atoms with Gasteiger partial charge in [-0.25, -0.2) is 9.97 Å². The predicted octanol–water partition coefficient (Wildman–Crippen LogP) is 3.76. The van der Waals surface area contributed by atoms with Crippen LogP contribution in [0.3, 0.4) is 0 Å². The molecule has 6 nitrogen and oxygen atoms in total. The van der Waals surface area contributed by atoms with Crippen molar-refractivity contribution in [3.8, 4) is 16.3 Å². The minimum atomic E-state index is -0.162. The summed E-state index contributed by atoms with van der Waals surface area (Å²) in [5, 5.41) is 0.977. The summed E-state index contributed by atoms with van der Waals surface area (Å²) in [6, 6.07) is 7.94. The Kier molecular flexibility index (Phi) is 5.27. The highest BCUT2D eigenvalue weighted by atomic mass is 32.1. The van der Waals surface area contributed by atoms with E-state index >= 15 is 0 Å². The third kappa shape index (κ3) is 4.26. The summed E-state index contributed by atoms with van der Waals surface area (Å²) in [4.78, 5) is 28.4. The quantitative estimate of drug-likeness (QED) is 0.709. The van der Waals surface area contributed by atoms with E-state index in [4.69, 9.17) is 9.72 Å². The fourth-order valence-electron chi connectivity index (χ4n) is 3.46. The molecular weight excluding hydrogens is 384 g/mol. The summed E-state index contributed by atoms with van der Waals surface area (Å²) >= 11 is 1.68. The first-order valence-electron chi connectivity index (χ1n) is 9.77. The maximum absolute atomic E-state index is 12.6. The molecule has 0 saturated heterocycles. The van der Waals surface area contributed by atoms with Gasteiger partial charge in [0.25, 0.3) is 5.56 Å². The first-order chi connectivity index (χ1) is 13.8. The molecule has 0 saturated carbocycles. The molecule has 0 aliphatic carbocycles. The SMILES string of the molecule is COc1cccc(-c2ncc(CN3CCc4nc(C(C)(C)C)[nH]c(=O)c4C3)s2)c1. The standard InChI is InChI=1S/C22H26N4O2S/c1-22(2,3)21-24-18-8-9-26(13-17(18)19(27)25-21)12-16-11-23-20(29-16)14-6-5-7-15(10-14)28-4/h5-7,10-11H,8-9,12-13H2,1-4H3,(H,24,25,27). The van der Waals surface area contributed by atoms with E-state index in [1.165, 1.54) is 4.88 Å². The van der Waals surface area contributed by atoms with Crippen molar-refractivity contribution in [2.45, 2.75) is 45.7 Å². The number of aromatic amines is 1. The Morgan fingerprint density at radius 2 is 2.14 bits per heavy atom. The Balaban J connectivity index is 1.50. The molecule has 0 unspecified atom stereocenters. The molecule has 4 rings (SSSR count). The van der Waals surface area contributed by atoms with Crippen LogP contribution >= 0.6 is 11.3 Å². The van der Waals surface area contributed by atoms with E-state index in [2.05, 4.69) is 35.6 Å². The Morgan fingerprint density at radius 3 is 2.90 bits per heavy atom. The molecule has 0 radical (unpaired) electrons. The van der Waals surface area contributed by atoms with Crippen molar-refractivity contribution in [1.29, 1.82) is 0 Å². The molecular formula is C22H26N4O2S. The first kappa shape index (κ1) is 19.8. The average molecular weight is 411 g/mol. The molecule has 0 bridgehead atoms. The van der Waals surface area contributed by atoms with Crippen LogP contribution in [0.5, 0.6) is 5.75 Å². The fraction of sp³-hybridized carbons (Fsp3) is 0.409. The number of rotatable bonds is 4. The number of thiazole rings is 1. The fourth-order valence-corrected chi connectivity index (χ4v) is 4.41.